The third-order valence-electron chi connectivity index (χ3n) is 13.9. The monoisotopic (exact) mass is 1230 g/mol. The van der Waals surface area contributed by atoms with Gasteiger partial charge in [-0.3, -0.25) is 33.3 Å². The van der Waals surface area contributed by atoms with Crippen LogP contribution in [0.2, 0.25) is 0 Å². The van der Waals surface area contributed by atoms with Crippen molar-refractivity contribution >= 4 is 43.0 Å². The lowest BCUT2D eigenvalue weighted by molar-refractivity contribution is -0.140. The Labute approximate surface area is 501 Å². The maximum Gasteiger partial charge on any atom is 0.325 e. The second kappa shape index (κ2) is 44.5. The number of likely N-dealkylation sites (tertiary alicyclic amines) is 1. The van der Waals surface area contributed by atoms with E-state index in [1.807, 2.05) is 36.6 Å². The van der Waals surface area contributed by atoms with Gasteiger partial charge in [-0.15, -0.1) is 0 Å². The summed E-state index contributed by atoms with van der Waals surface area (Å²) in [7, 11) is -3.02. The normalized spacial score (nSPS) is 15.3. The van der Waals surface area contributed by atoms with E-state index in [0.717, 1.165) is 44.9 Å². The number of aromatic nitrogens is 2. The molecule has 85 heavy (non-hydrogen) atoms. The number of aliphatic hydroxyl groups is 1. The van der Waals surface area contributed by atoms with Gasteiger partial charge in [0.1, 0.15) is 30.2 Å². The van der Waals surface area contributed by atoms with E-state index in [0.29, 0.717) is 111 Å². The van der Waals surface area contributed by atoms with Gasteiger partial charge in [0.15, 0.2) is 0 Å². The van der Waals surface area contributed by atoms with Crippen molar-refractivity contribution in [3.8, 4) is 0 Å². The van der Waals surface area contributed by atoms with Crippen molar-refractivity contribution in [1.29, 1.82) is 0 Å². The molecule has 0 unspecified atom stereocenters. The first-order valence-electron chi connectivity index (χ1n) is 30.0. The van der Waals surface area contributed by atoms with E-state index < -0.39 is 86.0 Å². The number of amides is 6. The molecular formula is C58H99N8O18P. The summed E-state index contributed by atoms with van der Waals surface area (Å²) in [6.45, 7) is 11.4. The van der Waals surface area contributed by atoms with Crippen LogP contribution >= 0.6 is 7.60 Å². The van der Waals surface area contributed by atoms with Crippen LogP contribution in [-0.4, -0.2) is 221 Å². The molecule has 26 nitrogen and oxygen atoms in total. The minimum atomic E-state index is -4.64. The highest BCUT2D eigenvalue weighted by atomic mass is 31.2. The minimum absolute atomic E-state index is 0.0141. The number of imidazole rings is 1. The zero-order valence-electron chi connectivity index (χ0n) is 50.5. The molecule has 0 saturated carbocycles. The van der Waals surface area contributed by atoms with Crippen molar-refractivity contribution in [2.45, 2.75) is 141 Å². The molecule has 1 aliphatic rings. The molecular weight excluding hydrogens is 1130 g/mol. The highest BCUT2D eigenvalue weighted by Gasteiger charge is 2.38. The number of methoxy groups -OCH3 is 1. The van der Waals surface area contributed by atoms with E-state index in [1.54, 1.807) is 19.6 Å². The standard InChI is InChI=1S/C58H99N8O18P/c1-44(2)39-49(63-58(73)51-18-14-22-66(51)52(68)20-24-78-27-28-80-31-32-82-35-36-84-38-37-83-34-33-81-30-29-79-26-25-77-4)56(71)62-50(57(72)61-48(19-23-67)55(70)64-53(54(59)69)45(3)42-85(74,75)76)40-47-41-60-43-65(47)21-13-8-6-5-7-10-15-46-16-11-9-12-17-46/h9,11-12,16-17,41,43-45,48-51,53,67H,5-8,10,13-15,18-40,42H2,1-4H3,(H2,59,69)(H,61,72)(H,62,71)(H,63,73)(H,64,70)(H2,74,75,76)/t45-,48-,49-,50-,51-,53-/m0/s1. The molecule has 0 aliphatic carbocycles. The van der Waals surface area contributed by atoms with Crippen molar-refractivity contribution in [2.24, 2.45) is 17.6 Å². The second-order valence-corrected chi connectivity index (χ2v) is 23.1. The minimum Gasteiger partial charge on any atom is -0.396 e. The summed E-state index contributed by atoms with van der Waals surface area (Å²) in [5.41, 5.74) is 7.44. The van der Waals surface area contributed by atoms with Gasteiger partial charge in [-0.1, -0.05) is 76.8 Å². The van der Waals surface area contributed by atoms with E-state index in [1.165, 1.54) is 17.4 Å². The summed E-state index contributed by atoms with van der Waals surface area (Å²) in [4.78, 5) is 107. The predicted molar refractivity (Wildman–Crippen MR) is 315 cm³/mol. The van der Waals surface area contributed by atoms with Crippen molar-refractivity contribution in [3.63, 3.8) is 0 Å². The summed E-state index contributed by atoms with van der Waals surface area (Å²) >= 11 is 0. The first-order chi connectivity index (χ1) is 40.9. The lowest BCUT2D eigenvalue weighted by Gasteiger charge is -2.29. The fourth-order valence-electron chi connectivity index (χ4n) is 9.45. The fraction of sp³-hybridized carbons (Fsp3) is 0.741. The van der Waals surface area contributed by atoms with Crippen molar-refractivity contribution < 1.29 is 86.1 Å². The van der Waals surface area contributed by atoms with Crippen LogP contribution in [0.25, 0.3) is 0 Å². The average Bonchev–Trinajstić information content (AvgIpc) is 4.41. The van der Waals surface area contributed by atoms with Crippen LogP contribution in [0.3, 0.4) is 0 Å². The number of nitrogens with one attached hydrogen (secondary N) is 4. The number of rotatable bonds is 51. The first kappa shape index (κ1) is 74.3. The molecule has 6 amide bonds. The first-order valence-corrected chi connectivity index (χ1v) is 31.7. The van der Waals surface area contributed by atoms with Gasteiger partial charge < -0.3 is 89.3 Å². The molecule has 27 heteroatoms. The third kappa shape index (κ3) is 33.1. The van der Waals surface area contributed by atoms with Crippen LogP contribution < -0.4 is 27.0 Å². The molecule has 0 spiro atoms. The van der Waals surface area contributed by atoms with E-state index in [9.17, 15) is 48.2 Å². The molecule has 1 aliphatic heterocycles. The molecule has 484 valence electrons. The molecule has 2 aromatic rings. The van der Waals surface area contributed by atoms with E-state index in [4.69, 9.17) is 43.6 Å². The van der Waals surface area contributed by atoms with Gasteiger partial charge in [-0.2, -0.15) is 0 Å². The number of nitrogens with zero attached hydrogens (tertiary/aromatic N) is 3. The second-order valence-electron chi connectivity index (χ2n) is 21.5. The summed E-state index contributed by atoms with van der Waals surface area (Å²) in [6, 6.07) is 3.94. The van der Waals surface area contributed by atoms with Gasteiger partial charge in [-0.25, -0.2) is 4.98 Å². The number of carbonyl (C=O) groups is 6. The van der Waals surface area contributed by atoms with Crippen LogP contribution in [0.4, 0.5) is 0 Å². The summed E-state index contributed by atoms with van der Waals surface area (Å²) in [5, 5.41) is 20.6. The highest BCUT2D eigenvalue weighted by molar-refractivity contribution is 7.51. The Kier molecular flexibility index (Phi) is 38.9. The Balaban J connectivity index is 1.54. The summed E-state index contributed by atoms with van der Waals surface area (Å²) < 4.78 is 57.1. The Morgan fingerprint density at radius 3 is 1.74 bits per heavy atom. The maximum absolute atomic E-state index is 14.5. The topological polar surface area (TPSA) is 349 Å². The lowest BCUT2D eigenvalue weighted by Crippen LogP contribution is -2.60. The molecule has 2 heterocycles. The van der Waals surface area contributed by atoms with Crippen LogP contribution in [-0.2, 0) is 90.6 Å². The molecule has 0 radical (unpaired) electrons. The molecule has 3 rings (SSSR count). The average molecular weight is 1230 g/mol. The van der Waals surface area contributed by atoms with E-state index in [2.05, 4.69) is 38.4 Å². The molecule has 6 atom stereocenters. The smallest absolute Gasteiger partial charge is 0.325 e. The van der Waals surface area contributed by atoms with E-state index >= 15 is 0 Å². The van der Waals surface area contributed by atoms with Crippen LogP contribution in [0, 0.1) is 11.8 Å². The third-order valence-corrected chi connectivity index (χ3v) is 14.9. The molecule has 9 N–H and O–H groups in total. The Bertz CT molecular complexity index is 2230. The predicted octanol–water partition coefficient (Wildman–Crippen LogP) is 1.82. The van der Waals surface area contributed by atoms with Crippen LogP contribution in [0.15, 0.2) is 42.9 Å². The van der Waals surface area contributed by atoms with Gasteiger partial charge in [0.05, 0.1) is 118 Å². The number of carbonyl (C=O) groups excluding carboxylic acids is 6. The zero-order valence-corrected chi connectivity index (χ0v) is 51.4. The van der Waals surface area contributed by atoms with Gasteiger partial charge in [0.2, 0.25) is 35.4 Å². The number of primary amides is 1. The van der Waals surface area contributed by atoms with Crippen LogP contribution in [0.5, 0.6) is 0 Å². The van der Waals surface area contributed by atoms with Crippen LogP contribution in [0.1, 0.15) is 103 Å². The van der Waals surface area contributed by atoms with Gasteiger partial charge >= 0.3 is 7.60 Å². The molecule has 0 bridgehead atoms. The van der Waals surface area contributed by atoms with Gasteiger partial charge in [0.25, 0.3) is 0 Å². The Morgan fingerprint density at radius 2 is 1.20 bits per heavy atom. The SMILES string of the molecule is COCCOCCOCCOCCOCCOCCOCCOCCC(=O)N1CCC[C@H]1C(=O)N[C@@H](CC(C)C)C(=O)N[C@@H](Cc1cncn1CCCCCCCCc1ccccc1)C(=O)N[C@@H](CCO)C(=O)N[C@H](C(N)=O)[C@@H](C)CP(=O)(O)O. The quantitative estimate of drug-likeness (QED) is 0.0346. The Hall–Kier alpha value is -4.96. The number of hydrogen-bond donors (Lipinski definition) is 8. The molecule has 1 fully saturated rings. The highest BCUT2D eigenvalue weighted by Crippen LogP contribution is 2.37. The number of aryl methyl sites for hydroxylation is 2. The Morgan fingerprint density at radius 1 is 0.682 bits per heavy atom. The summed E-state index contributed by atoms with van der Waals surface area (Å²) in [5.74, 6) is -5.66. The van der Waals surface area contributed by atoms with Crippen molar-refractivity contribution in [1.82, 2.24) is 35.7 Å². The van der Waals surface area contributed by atoms with Gasteiger partial charge in [0, 0.05) is 45.1 Å². The largest absolute Gasteiger partial charge is 0.396 e. The number of aliphatic hydroxyl groups excluding tert-OH is 1. The van der Waals surface area contributed by atoms with Crippen molar-refractivity contribution in [2.75, 3.05) is 126 Å². The van der Waals surface area contributed by atoms with E-state index in [-0.39, 0.29) is 57.3 Å². The fourth-order valence-corrected chi connectivity index (χ4v) is 10.4. The number of ether oxygens (including phenoxy) is 8. The lowest BCUT2D eigenvalue weighted by atomic mass is 10.0. The number of benzene rings is 1. The van der Waals surface area contributed by atoms with Gasteiger partial charge in [-0.05, 0) is 62.3 Å². The number of nitrogens with two attached hydrogens (primary N) is 1. The number of unbranched alkanes of at least 4 members (excludes halogenated alkanes) is 5. The zero-order chi connectivity index (χ0) is 62.1. The maximum atomic E-state index is 14.5. The van der Waals surface area contributed by atoms with Crippen molar-refractivity contribution in [3.05, 3.63) is 54.1 Å². The molecule has 1 saturated heterocycles. The molecule has 1 aromatic heterocycles. The molecule has 1 aromatic carbocycles. The summed E-state index contributed by atoms with van der Waals surface area (Å²) in [6.07, 6.45) is 10.2. The number of hydrogen-bond acceptors (Lipinski definition) is 17.